The minimum atomic E-state index is -0.274. The Hall–Kier alpha value is -2.97. The molecule has 39 heavy (non-hydrogen) atoms. The highest BCUT2D eigenvalue weighted by Crippen LogP contribution is 2.30. The first-order valence-corrected chi connectivity index (χ1v) is 13.8. The Kier molecular flexibility index (Phi) is 9.62. The fraction of sp³-hybridized carbons (Fsp3) is 0.172. The monoisotopic (exact) mass is 647 g/mol. The van der Waals surface area contributed by atoms with Gasteiger partial charge in [-0.1, -0.05) is 46.9 Å². The number of halogens is 4. The maximum atomic E-state index is 12.8. The SMILES string of the molecule is COc1ccc(/C=C/C(=O)Nc2c(C)nn(Cc3ccc(Cl)cc3Cl)c2C)cc1COc1ccc(Cl)cc1Br. The number of benzene rings is 3. The number of hydrogen-bond donors (Lipinski definition) is 1. The number of amides is 1. The third-order valence-electron chi connectivity index (χ3n) is 5.97. The fourth-order valence-electron chi connectivity index (χ4n) is 3.94. The van der Waals surface area contributed by atoms with E-state index in [9.17, 15) is 4.79 Å². The number of nitrogens with one attached hydrogen (secondary N) is 1. The van der Waals surface area contributed by atoms with Crippen molar-refractivity contribution in [3.63, 3.8) is 0 Å². The van der Waals surface area contributed by atoms with E-state index in [1.54, 1.807) is 48.2 Å². The minimum Gasteiger partial charge on any atom is -0.496 e. The van der Waals surface area contributed by atoms with Gasteiger partial charge < -0.3 is 14.8 Å². The minimum absolute atomic E-state index is 0.270. The van der Waals surface area contributed by atoms with E-state index < -0.39 is 0 Å². The molecular weight excluding hydrogens is 625 g/mol. The predicted molar refractivity (Wildman–Crippen MR) is 161 cm³/mol. The van der Waals surface area contributed by atoms with Crippen molar-refractivity contribution in [2.45, 2.75) is 27.0 Å². The molecule has 0 bridgehead atoms. The molecule has 1 N–H and O–H groups in total. The van der Waals surface area contributed by atoms with Crippen LogP contribution in [0, 0.1) is 13.8 Å². The van der Waals surface area contributed by atoms with Crippen molar-refractivity contribution in [1.82, 2.24) is 9.78 Å². The van der Waals surface area contributed by atoms with Crippen LogP contribution in [0.15, 0.2) is 65.1 Å². The van der Waals surface area contributed by atoms with Crippen LogP contribution in [-0.2, 0) is 17.9 Å². The lowest BCUT2D eigenvalue weighted by molar-refractivity contribution is -0.111. The van der Waals surface area contributed by atoms with Crippen LogP contribution in [-0.4, -0.2) is 22.8 Å². The van der Waals surface area contributed by atoms with E-state index in [1.165, 1.54) is 6.08 Å². The van der Waals surface area contributed by atoms with Gasteiger partial charge in [-0.25, -0.2) is 0 Å². The molecule has 0 fully saturated rings. The summed E-state index contributed by atoms with van der Waals surface area (Å²) in [5.41, 5.74) is 4.71. The molecular formula is C29H25BrCl3N3O3. The van der Waals surface area contributed by atoms with Gasteiger partial charge in [-0.05, 0) is 89.4 Å². The molecule has 0 radical (unpaired) electrons. The van der Waals surface area contributed by atoms with E-state index in [2.05, 4.69) is 26.3 Å². The lowest BCUT2D eigenvalue weighted by Gasteiger charge is -2.12. The van der Waals surface area contributed by atoms with Crippen LogP contribution in [0.2, 0.25) is 15.1 Å². The summed E-state index contributed by atoms with van der Waals surface area (Å²) < 4.78 is 14.0. The van der Waals surface area contributed by atoms with Gasteiger partial charge in [-0.3, -0.25) is 9.48 Å². The Labute approximate surface area is 250 Å². The van der Waals surface area contributed by atoms with Crippen molar-refractivity contribution < 1.29 is 14.3 Å². The van der Waals surface area contributed by atoms with Gasteiger partial charge in [0.05, 0.1) is 35.2 Å². The summed E-state index contributed by atoms with van der Waals surface area (Å²) >= 11 is 21.8. The Balaban J connectivity index is 1.45. The molecule has 3 aromatic carbocycles. The van der Waals surface area contributed by atoms with Gasteiger partial charge in [-0.2, -0.15) is 5.10 Å². The van der Waals surface area contributed by atoms with Crippen LogP contribution < -0.4 is 14.8 Å². The smallest absolute Gasteiger partial charge is 0.248 e. The predicted octanol–water partition coefficient (Wildman–Crippen LogP) is 8.51. The lowest BCUT2D eigenvalue weighted by Crippen LogP contribution is -2.10. The topological polar surface area (TPSA) is 65.4 Å². The van der Waals surface area contributed by atoms with E-state index in [0.29, 0.717) is 44.5 Å². The highest BCUT2D eigenvalue weighted by molar-refractivity contribution is 9.10. The Morgan fingerprint density at radius 3 is 2.44 bits per heavy atom. The number of ether oxygens (including phenoxy) is 2. The summed E-state index contributed by atoms with van der Waals surface area (Å²) in [5.74, 6) is 1.07. The number of carbonyl (C=O) groups is 1. The lowest BCUT2D eigenvalue weighted by atomic mass is 10.1. The molecule has 0 aliphatic heterocycles. The standard InChI is InChI=1S/C29H25BrCl3N3O3/c1-17-29(18(2)36(35-17)15-20-6-7-23(32)14-25(20)33)34-28(37)11-5-19-4-9-26(38-3)21(12-19)16-39-27-10-8-22(31)13-24(27)30/h4-14H,15-16H2,1-3H3,(H,34,37)/b11-5+. The zero-order valence-corrected chi connectivity index (χ0v) is 25.2. The maximum Gasteiger partial charge on any atom is 0.248 e. The van der Waals surface area contributed by atoms with Gasteiger partial charge in [-0.15, -0.1) is 0 Å². The van der Waals surface area contributed by atoms with Crippen LogP contribution >= 0.6 is 50.7 Å². The first-order chi connectivity index (χ1) is 18.6. The molecule has 0 atom stereocenters. The van der Waals surface area contributed by atoms with Crippen molar-refractivity contribution in [3.8, 4) is 11.5 Å². The second-order valence-corrected chi connectivity index (χ2v) is 10.8. The van der Waals surface area contributed by atoms with Crippen LogP contribution in [0.3, 0.4) is 0 Å². The van der Waals surface area contributed by atoms with Gasteiger partial charge in [0.1, 0.15) is 18.1 Å². The number of hydrogen-bond acceptors (Lipinski definition) is 4. The number of carbonyl (C=O) groups excluding carboxylic acids is 1. The van der Waals surface area contributed by atoms with E-state index in [4.69, 9.17) is 44.3 Å². The zero-order valence-electron chi connectivity index (χ0n) is 21.4. The molecule has 202 valence electrons. The van der Waals surface area contributed by atoms with E-state index in [0.717, 1.165) is 26.9 Å². The fourth-order valence-corrected chi connectivity index (χ4v) is 5.21. The molecule has 1 aromatic heterocycles. The van der Waals surface area contributed by atoms with Gasteiger partial charge in [0.15, 0.2) is 0 Å². The molecule has 4 aromatic rings. The van der Waals surface area contributed by atoms with Gasteiger partial charge >= 0.3 is 0 Å². The zero-order chi connectivity index (χ0) is 28.1. The number of aromatic nitrogens is 2. The molecule has 6 nitrogen and oxygen atoms in total. The van der Waals surface area contributed by atoms with Gasteiger partial charge in [0, 0.05) is 26.7 Å². The normalized spacial score (nSPS) is 11.2. The Morgan fingerprint density at radius 1 is 1.00 bits per heavy atom. The summed E-state index contributed by atoms with van der Waals surface area (Å²) in [7, 11) is 1.60. The molecule has 0 spiro atoms. The highest BCUT2D eigenvalue weighted by atomic mass is 79.9. The third kappa shape index (κ3) is 7.37. The highest BCUT2D eigenvalue weighted by Gasteiger charge is 2.15. The van der Waals surface area contributed by atoms with Crippen molar-refractivity contribution in [3.05, 3.63) is 108 Å². The van der Waals surface area contributed by atoms with Crippen LogP contribution in [0.1, 0.15) is 28.1 Å². The number of methoxy groups -OCH3 is 1. The summed E-state index contributed by atoms with van der Waals surface area (Å²) in [4.78, 5) is 12.8. The van der Waals surface area contributed by atoms with Gasteiger partial charge in [0.2, 0.25) is 5.91 Å². The number of anilines is 1. The third-order valence-corrected chi connectivity index (χ3v) is 7.42. The molecule has 0 aliphatic rings. The van der Waals surface area contributed by atoms with Crippen LogP contribution in [0.25, 0.3) is 6.08 Å². The van der Waals surface area contributed by atoms with Crippen molar-refractivity contribution in [2.24, 2.45) is 0 Å². The second-order valence-electron chi connectivity index (χ2n) is 8.70. The molecule has 0 saturated heterocycles. The first-order valence-electron chi connectivity index (χ1n) is 11.9. The molecule has 0 saturated carbocycles. The first kappa shape index (κ1) is 29.0. The van der Waals surface area contributed by atoms with Crippen molar-refractivity contribution >= 4 is 68.4 Å². The van der Waals surface area contributed by atoms with E-state index in [-0.39, 0.29) is 12.5 Å². The van der Waals surface area contributed by atoms with Crippen molar-refractivity contribution in [1.29, 1.82) is 0 Å². The Bertz CT molecular complexity index is 1550. The van der Waals surface area contributed by atoms with E-state index >= 15 is 0 Å². The number of nitrogens with zero attached hydrogens (tertiary/aromatic N) is 2. The average Bonchev–Trinajstić information content (AvgIpc) is 3.15. The van der Waals surface area contributed by atoms with Crippen LogP contribution in [0.5, 0.6) is 11.5 Å². The molecule has 1 amide bonds. The van der Waals surface area contributed by atoms with Gasteiger partial charge in [0.25, 0.3) is 0 Å². The maximum absolute atomic E-state index is 12.8. The quantitative estimate of drug-likeness (QED) is 0.185. The largest absolute Gasteiger partial charge is 0.496 e. The molecule has 10 heteroatoms. The van der Waals surface area contributed by atoms with Crippen LogP contribution in [0.4, 0.5) is 5.69 Å². The summed E-state index contributed by atoms with van der Waals surface area (Å²) in [6.45, 7) is 4.48. The number of rotatable bonds is 9. The summed E-state index contributed by atoms with van der Waals surface area (Å²) in [6.07, 6.45) is 3.22. The molecule has 0 unspecified atom stereocenters. The van der Waals surface area contributed by atoms with Crippen molar-refractivity contribution in [2.75, 3.05) is 12.4 Å². The Morgan fingerprint density at radius 2 is 1.72 bits per heavy atom. The summed E-state index contributed by atoms with van der Waals surface area (Å²) in [6, 6.07) is 16.3. The molecule has 4 rings (SSSR count). The molecule has 0 aliphatic carbocycles. The average molecular weight is 650 g/mol. The second kappa shape index (κ2) is 12.9. The molecule has 1 heterocycles. The summed E-state index contributed by atoms with van der Waals surface area (Å²) in [5, 5.41) is 9.27. The van der Waals surface area contributed by atoms with E-state index in [1.807, 2.05) is 38.1 Å². The number of aryl methyl sites for hydroxylation is 1.